The van der Waals surface area contributed by atoms with Crippen molar-refractivity contribution in [2.24, 2.45) is 0 Å². The zero-order valence-electron chi connectivity index (χ0n) is 13.1. The minimum Gasteiger partial charge on any atom is -0.310 e. The summed E-state index contributed by atoms with van der Waals surface area (Å²) in [5.41, 5.74) is 0.674. The van der Waals surface area contributed by atoms with Crippen LogP contribution in [0.2, 0.25) is 0 Å². The minimum absolute atomic E-state index is 0.0195. The molecule has 0 saturated carbocycles. The van der Waals surface area contributed by atoms with Crippen molar-refractivity contribution in [2.75, 3.05) is 7.05 Å². The number of nitrogens with zero attached hydrogens (tertiary/aromatic N) is 2. The summed E-state index contributed by atoms with van der Waals surface area (Å²) >= 11 is 0. The molecule has 3 aromatic rings. The Balaban J connectivity index is 2.43. The number of halogens is 1. The van der Waals surface area contributed by atoms with Gasteiger partial charge < -0.3 is 5.32 Å². The molecule has 4 nitrogen and oxygen atoms in total. The number of hydrogen-bond acceptors (Lipinski definition) is 3. The standard InChI is InChI=1S/C18H18FN3O/c1-3-14(20-2)17-21-15-11-7-10-13(19)16(15)18(23)22(17)12-8-5-4-6-9-12/h4-11,14,20H,3H2,1-2H3/t14-/m0/s1. The summed E-state index contributed by atoms with van der Waals surface area (Å²) in [6.45, 7) is 2.01. The van der Waals surface area contributed by atoms with Gasteiger partial charge in [-0.3, -0.25) is 9.36 Å². The normalized spacial score (nSPS) is 12.5. The van der Waals surface area contributed by atoms with E-state index in [-0.39, 0.29) is 17.0 Å². The van der Waals surface area contributed by atoms with Crippen LogP contribution in [0.1, 0.15) is 25.2 Å². The molecule has 5 heteroatoms. The molecule has 3 rings (SSSR count). The van der Waals surface area contributed by atoms with E-state index in [4.69, 9.17) is 0 Å². The van der Waals surface area contributed by atoms with Crippen LogP contribution in [0.25, 0.3) is 16.6 Å². The Kier molecular flexibility index (Phi) is 4.21. The van der Waals surface area contributed by atoms with E-state index in [0.717, 1.165) is 6.42 Å². The highest BCUT2D eigenvalue weighted by molar-refractivity contribution is 5.78. The topological polar surface area (TPSA) is 46.9 Å². The molecule has 23 heavy (non-hydrogen) atoms. The summed E-state index contributed by atoms with van der Waals surface area (Å²) in [5.74, 6) is 0.0398. The lowest BCUT2D eigenvalue weighted by Crippen LogP contribution is -2.30. The lowest BCUT2D eigenvalue weighted by molar-refractivity contribution is 0.528. The highest BCUT2D eigenvalue weighted by atomic mass is 19.1. The zero-order valence-corrected chi connectivity index (χ0v) is 13.1. The molecular formula is C18H18FN3O. The number of aromatic nitrogens is 2. The maximum atomic E-state index is 14.2. The van der Waals surface area contributed by atoms with Gasteiger partial charge in [0.2, 0.25) is 0 Å². The van der Waals surface area contributed by atoms with E-state index in [1.807, 2.05) is 44.3 Å². The van der Waals surface area contributed by atoms with Crippen LogP contribution in [0.3, 0.4) is 0 Å². The van der Waals surface area contributed by atoms with Crippen molar-refractivity contribution in [3.8, 4) is 5.69 Å². The molecule has 1 aromatic heterocycles. The van der Waals surface area contributed by atoms with Crippen molar-refractivity contribution in [1.29, 1.82) is 0 Å². The Morgan fingerprint density at radius 2 is 1.91 bits per heavy atom. The predicted octanol–water partition coefficient (Wildman–Crippen LogP) is 3.20. The fourth-order valence-electron chi connectivity index (χ4n) is 2.78. The van der Waals surface area contributed by atoms with Crippen LogP contribution in [0, 0.1) is 5.82 Å². The SMILES string of the molecule is CC[C@H](NC)c1nc2cccc(F)c2c(=O)n1-c1ccccc1. The van der Waals surface area contributed by atoms with Crippen LogP contribution in [0.4, 0.5) is 4.39 Å². The summed E-state index contributed by atoms with van der Waals surface area (Å²) in [4.78, 5) is 17.5. The van der Waals surface area contributed by atoms with Gasteiger partial charge in [-0.1, -0.05) is 31.2 Å². The zero-order chi connectivity index (χ0) is 16.4. The Hall–Kier alpha value is -2.53. The van der Waals surface area contributed by atoms with Gasteiger partial charge in [-0.2, -0.15) is 0 Å². The quantitative estimate of drug-likeness (QED) is 0.805. The molecule has 0 aliphatic rings. The number of nitrogens with one attached hydrogen (secondary N) is 1. The first-order valence-corrected chi connectivity index (χ1v) is 7.61. The van der Waals surface area contributed by atoms with Crippen molar-refractivity contribution in [3.05, 3.63) is 70.5 Å². The fraction of sp³-hybridized carbons (Fsp3) is 0.222. The average molecular weight is 311 g/mol. The molecule has 0 bridgehead atoms. The van der Waals surface area contributed by atoms with Gasteiger partial charge in [0.05, 0.1) is 17.2 Å². The summed E-state index contributed by atoms with van der Waals surface area (Å²) in [7, 11) is 1.82. The summed E-state index contributed by atoms with van der Waals surface area (Å²) < 4.78 is 15.7. The molecule has 0 fully saturated rings. The average Bonchev–Trinajstić information content (AvgIpc) is 2.57. The highest BCUT2D eigenvalue weighted by Crippen LogP contribution is 2.21. The maximum Gasteiger partial charge on any atom is 0.269 e. The third-order valence-electron chi connectivity index (χ3n) is 3.96. The first-order chi connectivity index (χ1) is 11.2. The number of fused-ring (bicyclic) bond motifs is 1. The molecule has 0 radical (unpaired) electrons. The second kappa shape index (κ2) is 6.30. The Bertz CT molecular complexity index is 886. The van der Waals surface area contributed by atoms with Gasteiger partial charge in [-0.25, -0.2) is 9.37 Å². The molecule has 1 N–H and O–H groups in total. The lowest BCUT2D eigenvalue weighted by Gasteiger charge is -2.20. The largest absolute Gasteiger partial charge is 0.310 e. The van der Waals surface area contributed by atoms with E-state index in [1.165, 1.54) is 10.6 Å². The van der Waals surface area contributed by atoms with Crippen LogP contribution in [-0.4, -0.2) is 16.6 Å². The van der Waals surface area contributed by atoms with Crippen LogP contribution >= 0.6 is 0 Å². The third-order valence-corrected chi connectivity index (χ3v) is 3.96. The van der Waals surface area contributed by atoms with E-state index in [9.17, 15) is 9.18 Å². The Morgan fingerprint density at radius 3 is 2.57 bits per heavy atom. The first-order valence-electron chi connectivity index (χ1n) is 7.61. The Labute approximate surface area is 133 Å². The van der Waals surface area contributed by atoms with E-state index >= 15 is 0 Å². The monoisotopic (exact) mass is 311 g/mol. The van der Waals surface area contributed by atoms with E-state index in [0.29, 0.717) is 17.0 Å². The van der Waals surface area contributed by atoms with Gasteiger partial charge in [0, 0.05) is 0 Å². The Morgan fingerprint density at radius 1 is 1.17 bits per heavy atom. The number of para-hydroxylation sites is 1. The molecule has 0 aliphatic carbocycles. The van der Waals surface area contributed by atoms with E-state index in [1.54, 1.807) is 12.1 Å². The summed E-state index contributed by atoms with van der Waals surface area (Å²) in [6.07, 6.45) is 0.761. The predicted molar refractivity (Wildman–Crippen MR) is 89.4 cm³/mol. The van der Waals surface area contributed by atoms with Crippen molar-refractivity contribution in [1.82, 2.24) is 14.9 Å². The summed E-state index contributed by atoms with van der Waals surface area (Å²) in [6, 6.07) is 13.6. The molecule has 1 atom stereocenters. The minimum atomic E-state index is -0.547. The van der Waals surface area contributed by atoms with Gasteiger partial charge in [-0.15, -0.1) is 0 Å². The molecule has 0 aliphatic heterocycles. The summed E-state index contributed by atoms with van der Waals surface area (Å²) in [5, 5.41) is 3.19. The lowest BCUT2D eigenvalue weighted by atomic mass is 10.1. The van der Waals surface area contributed by atoms with Gasteiger partial charge in [-0.05, 0) is 37.7 Å². The van der Waals surface area contributed by atoms with Crippen LogP contribution < -0.4 is 10.9 Å². The number of benzene rings is 2. The first kappa shape index (κ1) is 15.4. The van der Waals surface area contributed by atoms with E-state index < -0.39 is 5.82 Å². The van der Waals surface area contributed by atoms with Gasteiger partial charge in [0.1, 0.15) is 17.0 Å². The molecular weight excluding hydrogens is 293 g/mol. The maximum absolute atomic E-state index is 14.2. The van der Waals surface area contributed by atoms with Crippen LogP contribution in [0.15, 0.2) is 53.3 Å². The smallest absolute Gasteiger partial charge is 0.269 e. The second-order valence-electron chi connectivity index (χ2n) is 5.33. The molecule has 118 valence electrons. The van der Waals surface area contributed by atoms with Crippen LogP contribution in [0.5, 0.6) is 0 Å². The fourth-order valence-corrected chi connectivity index (χ4v) is 2.78. The molecule has 0 saturated heterocycles. The third kappa shape index (κ3) is 2.64. The number of hydrogen-bond donors (Lipinski definition) is 1. The van der Waals surface area contributed by atoms with Gasteiger partial charge in [0.25, 0.3) is 5.56 Å². The van der Waals surface area contributed by atoms with Crippen molar-refractivity contribution >= 4 is 10.9 Å². The van der Waals surface area contributed by atoms with Crippen molar-refractivity contribution in [2.45, 2.75) is 19.4 Å². The second-order valence-corrected chi connectivity index (χ2v) is 5.33. The molecule has 2 aromatic carbocycles. The van der Waals surface area contributed by atoms with E-state index in [2.05, 4.69) is 10.3 Å². The molecule has 0 spiro atoms. The highest BCUT2D eigenvalue weighted by Gasteiger charge is 2.20. The van der Waals surface area contributed by atoms with Crippen molar-refractivity contribution < 1.29 is 4.39 Å². The molecule has 1 heterocycles. The number of rotatable bonds is 4. The molecule has 0 unspecified atom stereocenters. The van der Waals surface area contributed by atoms with Gasteiger partial charge in [0.15, 0.2) is 0 Å². The molecule has 0 amide bonds. The van der Waals surface area contributed by atoms with Crippen LogP contribution in [-0.2, 0) is 0 Å². The van der Waals surface area contributed by atoms with Gasteiger partial charge >= 0.3 is 0 Å². The van der Waals surface area contributed by atoms with Crippen molar-refractivity contribution in [3.63, 3.8) is 0 Å².